The van der Waals surface area contributed by atoms with Gasteiger partial charge in [-0.15, -0.1) is 0 Å². The van der Waals surface area contributed by atoms with E-state index >= 15 is 0 Å². The Kier molecular flexibility index (Phi) is 10.6. The third-order valence-corrected chi connectivity index (χ3v) is 70.8. The van der Waals surface area contributed by atoms with Gasteiger partial charge in [0.1, 0.15) is 0 Å². The Bertz CT molecular complexity index is 1260. The SMILES string of the molecule is O=C([O][Sn]([c]1ccccc1)([c]1ccccc1)[Sn]([O]C(=O)C(Cl)(Cl)Cl)([c]1ccccc1)[c]1ccccc1)C(Cl)(Cl)Cl. The standard InChI is InChI=1S/4C6H5.2C2HCl3O2.2Sn/c4*1-2-4-6-5-3-1;2*3-2(4,5)1(6)7;;/h4*1-5H;2*(H,6,7);;/q;;;;;;2*+1/p-2. The molecule has 0 unspecified atom stereocenters. The summed E-state index contributed by atoms with van der Waals surface area (Å²) >= 11 is 26.1. The Morgan fingerprint density at radius 1 is 0.425 bits per heavy atom. The van der Waals surface area contributed by atoms with Gasteiger partial charge in [-0.3, -0.25) is 0 Å². The molecule has 4 aromatic rings. The van der Waals surface area contributed by atoms with Crippen molar-refractivity contribution in [3.63, 3.8) is 0 Å². The van der Waals surface area contributed by atoms with Crippen molar-refractivity contribution in [2.24, 2.45) is 0 Å². The van der Waals surface area contributed by atoms with Gasteiger partial charge in [0.2, 0.25) is 0 Å². The monoisotopic (exact) mass is 870 g/mol. The topological polar surface area (TPSA) is 52.6 Å². The summed E-state index contributed by atoms with van der Waals surface area (Å²) in [6.07, 6.45) is 0. The van der Waals surface area contributed by atoms with Gasteiger partial charge in [-0.25, -0.2) is 0 Å². The molecule has 0 N–H and O–H groups in total. The molecule has 0 aliphatic carbocycles. The molecule has 0 bridgehead atoms. The number of carbonyl (C=O) groups excluding carboxylic acids is 2. The van der Waals surface area contributed by atoms with Crippen molar-refractivity contribution in [2.45, 2.75) is 7.59 Å². The normalized spacial score (nSPS) is 12.4. The number of hydrogen-bond acceptors (Lipinski definition) is 4. The van der Waals surface area contributed by atoms with Crippen molar-refractivity contribution < 1.29 is 15.7 Å². The summed E-state index contributed by atoms with van der Waals surface area (Å²) in [5, 5.41) is 0. The van der Waals surface area contributed by atoms with Gasteiger partial charge in [0.15, 0.2) is 0 Å². The van der Waals surface area contributed by atoms with E-state index in [0.717, 1.165) is 0 Å². The van der Waals surface area contributed by atoms with Gasteiger partial charge in [0, 0.05) is 0 Å². The molecule has 4 nitrogen and oxygen atoms in total. The van der Waals surface area contributed by atoms with Crippen LogP contribution in [0.2, 0.25) is 0 Å². The van der Waals surface area contributed by atoms with Crippen molar-refractivity contribution >= 4 is 126 Å². The van der Waals surface area contributed by atoms with Crippen molar-refractivity contribution in [1.82, 2.24) is 0 Å². The van der Waals surface area contributed by atoms with Crippen LogP contribution < -0.4 is 14.3 Å². The second kappa shape index (κ2) is 13.2. The fraction of sp³-hybridized carbons (Fsp3) is 0.0714. The van der Waals surface area contributed by atoms with E-state index in [9.17, 15) is 9.59 Å². The molecule has 4 rings (SSSR count). The van der Waals surface area contributed by atoms with Gasteiger partial charge in [-0.2, -0.15) is 0 Å². The van der Waals surface area contributed by atoms with Crippen molar-refractivity contribution in [3.8, 4) is 0 Å². The van der Waals surface area contributed by atoms with Crippen LogP contribution in [-0.2, 0) is 15.7 Å². The van der Waals surface area contributed by atoms with E-state index < -0.39 is 49.2 Å². The first-order valence-corrected chi connectivity index (χ1v) is 33.1. The molecule has 0 aromatic heterocycles. The van der Waals surface area contributed by atoms with Gasteiger partial charge < -0.3 is 0 Å². The quantitative estimate of drug-likeness (QED) is 0.184. The number of benzene rings is 4. The summed E-state index contributed by atoms with van der Waals surface area (Å²) in [5.74, 6) is -2.17. The van der Waals surface area contributed by atoms with E-state index in [2.05, 4.69) is 0 Å². The molecule has 0 saturated heterocycles. The van der Waals surface area contributed by atoms with Crippen LogP contribution in [0.25, 0.3) is 0 Å². The van der Waals surface area contributed by atoms with Crippen LogP contribution in [0.5, 0.6) is 0 Å². The Morgan fingerprint density at radius 2 is 0.625 bits per heavy atom. The summed E-state index contributed by atoms with van der Waals surface area (Å²) in [5.41, 5.74) is 0. The van der Waals surface area contributed by atoms with Gasteiger partial charge in [0.05, 0.1) is 0 Å². The molecule has 0 spiro atoms. The Hall–Kier alpha value is -0.843. The molecule has 0 fully saturated rings. The molecular formula is C28H20Cl6O4Sn2. The van der Waals surface area contributed by atoms with E-state index in [1.54, 1.807) is 0 Å². The van der Waals surface area contributed by atoms with E-state index in [4.69, 9.17) is 75.8 Å². The molecule has 0 aliphatic heterocycles. The minimum atomic E-state index is -5.32. The third kappa shape index (κ3) is 6.54. The number of carbonyl (C=O) groups is 2. The Labute approximate surface area is 267 Å². The number of alkyl halides is 6. The molecule has 0 atom stereocenters. The van der Waals surface area contributed by atoms with Crippen LogP contribution in [-0.4, -0.2) is 49.2 Å². The fourth-order valence-electron chi connectivity index (χ4n) is 4.61. The molecule has 0 amide bonds. The Balaban J connectivity index is 2.28. The number of rotatable bonds is 7. The maximum atomic E-state index is 13.7. The molecule has 0 aliphatic rings. The summed E-state index contributed by atoms with van der Waals surface area (Å²) in [4.78, 5) is 27.3. The van der Waals surface area contributed by atoms with E-state index in [1.165, 1.54) is 0 Å². The van der Waals surface area contributed by atoms with E-state index in [1.807, 2.05) is 121 Å². The fourth-order valence-corrected chi connectivity index (χ4v) is 77.6. The first-order chi connectivity index (χ1) is 18.9. The van der Waals surface area contributed by atoms with Crippen molar-refractivity contribution in [2.75, 3.05) is 0 Å². The van der Waals surface area contributed by atoms with Gasteiger partial charge in [-0.05, 0) is 0 Å². The minimum absolute atomic E-state index is 0.672. The molecule has 4 aromatic carbocycles. The third-order valence-electron chi connectivity index (χ3n) is 6.17. The van der Waals surface area contributed by atoms with Gasteiger partial charge in [-0.1, -0.05) is 0 Å². The van der Waals surface area contributed by atoms with Crippen LogP contribution in [0, 0.1) is 0 Å². The molecule has 40 heavy (non-hydrogen) atoms. The molecule has 0 heterocycles. The summed E-state index contributed by atoms with van der Waals surface area (Å²) in [6, 6.07) is 36.6. The Morgan fingerprint density at radius 3 is 0.800 bits per heavy atom. The molecule has 0 saturated carbocycles. The first kappa shape index (κ1) is 32.1. The predicted molar refractivity (Wildman–Crippen MR) is 169 cm³/mol. The van der Waals surface area contributed by atoms with Crippen LogP contribution >= 0.6 is 69.6 Å². The zero-order valence-electron chi connectivity index (χ0n) is 20.4. The molecular weight excluding hydrogens is 850 g/mol. The summed E-state index contributed by atoms with van der Waals surface area (Å²) < 4.78 is 11.1. The average Bonchev–Trinajstić information content (AvgIpc) is 2.95. The molecule has 206 valence electrons. The molecule has 12 heteroatoms. The number of hydrogen-bond donors (Lipinski definition) is 0. The second-order valence-corrected chi connectivity index (χ2v) is 55.7. The first-order valence-electron chi connectivity index (χ1n) is 11.8. The number of halogens is 6. The maximum absolute atomic E-state index is 13.7. The predicted octanol–water partition coefficient (Wildman–Crippen LogP) is 5.41. The summed E-state index contributed by atoms with van der Waals surface area (Å²) in [7, 11) is 0. The van der Waals surface area contributed by atoms with Crippen LogP contribution in [0.3, 0.4) is 0 Å². The zero-order valence-corrected chi connectivity index (χ0v) is 30.7. The summed E-state index contributed by atoms with van der Waals surface area (Å²) in [6.45, 7) is 0. The van der Waals surface area contributed by atoms with Gasteiger partial charge in [0.25, 0.3) is 0 Å². The zero-order chi connectivity index (χ0) is 29.0. The van der Waals surface area contributed by atoms with Crippen LogP contribution in [0.4, 0.5) is 0 Å². The van der Waals surface area contributed by atoms with E-state index in [0.29, 0.717) is 14.3 Å². The van der Waals surface area contributed by atoms with Gasteiger partial charge >= 0.3 is 270 Å². The average molecular weight is 871 g/mol. The molecule has 0 radical (unpaired) electrons. The van der Waals surface area contributed by atoms with Crippen LogP contribution in [0.1, 0.15) is 0 Å². The van der Waals surface area contributed by atoms with E-state index in [-0.39, 0.29) is 0 Å². The van der Waals surface area contributed by atoms with Crippen molar-refractivity contribution in [3.05, 3.63) is 121 Å². The second-order valence-electron chi connectivity index (χ2n) is 8.60. The van der Waals surface area contributed by atoms with Crippen molar-refractivity contribution in [1.29, 1.82) is 0 Å². The van der Waals surface area contributed by atoms with Crippen LogP contribution in [0.15, 0.2) is 121 Å².